The van der Waals surface area contributed by atoms with Crippen molar-refractivity contribution in [2.24, 2.45) is 0 Å². The summed E-state index contributed by atoms with van der Waals surface area (Å²) in [4.78, 5) is 16.9. The van der Waals surface area contributed by atoms with Crippen molar-refractivity contribution in [1.82, 2.24) is 10.3 Å². The summed E-state index contributed by atoms with van der Waals surface area (Å²) >= 11 is 0. The van der Waals surface area contributed by atoms with Gasteiger partial charge in [-0.05, 0) is 44.5 Å². The maximum absolute atomic E-state index is 12.4. The summed E-state index contributed by atoms with van der Waals surface area (Å²) in [6.07, 6.45) is 0.750. The first-order valence-electron chi connectivity index (χ1n) is 7.06. The number of aryl methyl sites for hydroxylation is 1. The van der Waals surface area contributed by atoms with Gasteiger partial charge in [-0.3, -0.25) is 9.78 Å². The van der Waals surface area contributed by atoms with Crippen LogP contribution in [0.3, 0.4) is 0 Å². The zero-order valence-corrected chi connectivity index (χ0v) is 12.6. The molecule has 1 heterocycles. The smallest absolute Gasteiger partial charge is 0.252 e. The van der Waals surface area contributed by atoms with Crippen molar-refractivity contribution >= 4 is 5.91 Å². The summed E-state index contributed by atoms with van der Waals surface area (Å²) < 4.78 is 0. The number of aromatic nitrogens is 1. The second-order valence-electron chi connectivity index (χ2n) is 5.09. The zero-order chi connectivity index (χ0) is 15.4. The van der Waals surface area contributed by atoms with E-state index in [-0.39, 0.29) is 17.7 Å². The minimum Gasteiger partial charge on any atom is -0.508 e. The summed E-state index contributed by atoms with van der Waals surface area (Å²) in [5.41, 5.74) is 2.85. The SMILES string of the molecule is CC[C@@H](NC(=O)c1cccc(O)c1C)c1cccc(C)n1. The number of hydrogen-bond donors (Lipinski definition) is 2. The topological polar surface area (TPSA) is 62.2 Å². The molecule has 0 bridgehead atoms. The number of amides is 1. The van der Waals surface area contributed by atoms with Crippen LogP contribution in [0.15, 0.2) is 36.4 Å². The number of nitrogens with zero attached hydrogens (tertiary/aromatic N) is 1. The fourth-order valence-corrected chi connectivity index (χ4v) is 2.25. The van der Waals surface area contributed by atoms with E-state index in [2.05, 4.69) is 10.3 Å². The van der Waals surface area contributed by atoms with Crippen LogP contribution in [0.25, 0.3) is 0 Å². The maximum Gasteiger partial charge on any atom is 0.252 e. The van der Waals surface area contributed by atoms with Crippen molar-refractivity contribution in [3.8, 4) is 5.75 Å². The average molecular weight is 284 g/mol. The molecule has 0 saturated carbocycles. The first-order chi connectivity index (χ1) is 10.0. The number of phenols is 1. The number of benzene rings is 1. The Morgan fingerprint density at radius 2 is 1.95 bits per heavy atom. The summed E-state index contributed by atoms with van der Waals surface area (Å²) in [5.74, 6) is -0.0667. The van der Waals surface area contributed by atoms with Crippen molar-refractivity contribution in [2.75, 3.05) is 0 Å². The second-order valence-corrected chi connectivity index (χ2v) is 5.09. The van der Waals surface area contributed by atoms with Crippen LogP contribution in [0.5, 0.6) is 5.75 Å². The Kier molecular flexibility index (Phi) is 4.58. The van der Waals surface area contributed by atoms with Crippen LogP contribution in [-0.2, 0) is 0 Å². The molecule has 1 aromatic carbocycles. The lowest BCUT2D eigenvalue weighted by Gasteiger charge is -2.18. The van der Waals surface area contributed by atoms with Gasteiger partial charge in [0.05, 0.1) is 11.7 Å². The lowest BCUT2D eigenvalue weighted by Crippen LogP contribution is -2.29. The molecule has 4 heteroatoms. The highest BCUT2D eigenvalue weighted by atomic mass is 16.3. The Morgan fingerprint density at radius 1 is 1.24 bits per heavy atom. The van der Waals surface area contributed by atoms with Crippen LogP contribution < -0.4 is 5.32 Å². The molecule has 2 N–H and O–H groups in total. The molecule has 0 aliphatic rings. The van der Waals surface area contributed by atoms with Gasteiger partial charge in [-0.15, -0.1) is 0 Å². The van der Waals surface area contributed by atoms with Crippen LogP contribution in [0, 0.1) is 13.8 Å². The van der Waals surface area contributed by atoms with E-state index in [0.29, 0.717) is 11.1 Å². The lowest BCUT2D eigenvalue weighted by atomic mass is 10.1. The van der Waals surface area contributed by atoms with E-state index in [1.54, 1.807) is 25.1 Å². The summed E-state index contributed by atoms with van der Waals surface area (Å²) in [5, 5.41) is 12.7. The van der Waals surface area contributed by atoms with E-state index < -0.39 is 0 Å². The van der Waals surface area contributed by atoms with Gasteiger partial charge in [0.1, 0.15) is 5.75 Å². The number of phenolic OH excluding ortho intramolecular Hbond substituents is 1. The summed E-state index contributed by atoms with van der Waals surface area (Å²) in [6, 6.07) is 10.6. The van der Waals surface area contributed by atoms with Crippen molar-refractivity contribution in [1.29, 1.82) is 0 Å². The molecule has 0 spiro atoms. The van der Waals surface area contributed by atoms with Gasteiger partial charge in [-0.2, -0.15) is 0 Å². The Labute approximate surface area is 124 Å². The van der Waals surface area contributed by atoms with Crippen LogP contribution >= 0.6 is 0 Å². The fraction of sp³-hybridized carbons (Fsp3) is 0.294. The number of aromatic hydroxyl groups is 1. The molecule has 21 heavy (non-hydrogen) atoms. The molecule has 1 amide bonds. The molecule has 1 aromatic heterocycles. The predicted octanol–water partition coefficient (Wildman–Crippen LogP) is 3.29. The molecule has 2 aromatic rings. The number of carbonyl (C=O) groups is 1. The third-order valence-electron chi connectivity index (χ3n) is 3.53. The fourth-order valence-electron chi connectivity index (χ4n) is 2.25. The predicted molar refractivity (Wildman–Crippen MR) is 82.3 cm³/mol. The van der Waals surface area contributed by atoms with Crippen LogP contribution in [0.4, 0.5) is 0 Å². The lowest BCUT2D eigenvalue weighted by molar-refractivity contribution is 0.0933. The van der Waals surface area contributed by atoms with Crippen LogP contribution in [0.2, 0.25) is 0 Å². The largest absolute Gasteiger partial charge is 0.508 e. The van der Waals surface area contributed by atoms with Crippen LogP contribution in [0.1, 0.15) is 46.7 Å². The van der Waals surface area contributed by atoms with Gasteiger partial charge < -0.3 is 10.4 Å². The molecule has 2 rings (SSSR count). The van der Waals surface area contributed by atoms with Gasteiger partial charge in [0.25, 0.3) is 5.91 Å². The molecule has 0 unspecified atom stereocenters. The second kappa shape index (κ2) is 6.39. The Balaban J connectivity index is 2.22. The Hall–Kier alpha value is -2.36. The summed E-state index contributed by atoms with van der Waals surface area (Å²) in [6.45, 7) is 5.66. The Bertz CT molecular complexity index is 653. The number of hydrogen-bond acceptors (Lipinski definition) is 3. The number of nitrogens with one attached hydrogen (secondary N) is 1. The monoisotopic (exact) mass is 284 g/mol. The molecule has 0 fully saturated rings. The van der Waals surface area contributed by atoms with E-state index in [1.165, 1.54) is 0 Å². The van der Waals surface area contributed by atoms with Gasteiger partial charge in [0.2, 0.25) is 0 Å². The van der Waals surface area contributed by atoms with Crippen molar-refractivity contribution < 1.29 is 9.90 Å². The third-order valence-corrected chi connectivity index (χ3v) is 3.53. The number of pyridine rings is 1. The highest BCUT2D eigenvalue weighted by molar-refractivity contribution is 5.96. The van der Waals surface area contributed by atoms with Gasteiger partial charge in [-0.25, -0.2) is 0 Å². The standard InChI is InChI=1S/C17H20N2O2/c1-4-14(15-9-5-7-11(2)18-15)19-17(21)13-8-6-10-16(20)12(13)3/h5-10,14,20H,4H2,1-3H3,(H,19,21)/t14-/m1/s1. The normalized spacial score (nSPS) is 12.0. The van der Waals surface area contributed by atoms with Gasteiger partial charge in [-0.1, -0.05) is 19.1 Å². The molecule has 110 valence electrons. The molecule has 0 radical (unpaired) electrons. The molecule has 0 aliphatic heterocycles. The van der Waals surface area contributed by atoms with Crippen molar-refractivity contribution in [3.05, 3.63) is 58.9 Å². The zero-order valence-electron chi connectivity index (χ0n) is 12.6. The average Bonchev–Trinajstić information content (AvgIpc) is 2.47. The molecule has 1 atom stereocenters. The van der Waals surface area contributed by atoms with E-state index >= 15 is 0 Å². The van der Waals surface area contributed by atoms with E-state index in [4.69, 9.17) is 0 Å². The Morgan fingerprint density at radius 3 is 2.62 bits per heavy atom. The number of rotatable bonds is 4. The quantitative estimate of drug-likeness (QED) is 0.905. The van der Waals surface area contributed by atoms with Crippen molar-refractivity contribution in [2.45, 2.75) is 33.2 Å². The van der Waals surface area contributed by atoms with Gasteiger partial charge in [0, 0.05) is 16.8 Å². The highest BCUT2D eigenvalue weighted by Crippen LogP contribution is 2.21. The highest BCUT2D eigenvalue weighted by Gasteiger charge is 2.17. The van der Waals surface area contributed by atoms with Gasteiger partial charge >= 0.3 is 0 Å². The molecular weight excluding hydrogens is 264 g/mol. The first-order valence-corrected chi connectivity index (χ1v) is 7.06. The number of carbonyl (C=O) groups excluding carboxylic acids is 1. The molecular formula is C17H20N2O2. The van der Waals surface area contributed by atoms with Crippen LogP contribution in [-0.4, -0.2) is 16.0 Å². The van der Waals surface area contributed by atoms with Gasteiger partial charge in [0.15, 0.2) is 0 Å². The molecule has 0 aliphatic carbocycles. The summed E-state index contributed by atoms with van der Waals surface area (Å²) in [7, 11) is 0. The minimum atomic E-state index is -0.196. The van der Waals surface area contributed by atoms with Crippen molar-refractivity contribution in [3.63, 3.8) is 0 Å². The molecule has 4 nitrogen and oxygen atoms in total. The maximum atomic E-state index is 12.4. The third kappa shape index (κ3) is 3.40. The van der Waals surface area contributed by atoms with E-state index in [0.717, 1.165) is 17.8 Å². The molecule has 0 saturated heterocycles. The van der Waals surface area contributed by atoms with E-state index in [1.807, 2.05) is 32.0 Å². The minimum absolute atomic E-state index is 0.129. The first kappa shape index (κ1) is 15.0. The van der Waals surface area contributed by atoms with E-state index in [9.17, 15) is 9.90 Å².